The van der Waals surface area contributed by atoms with E-state index in [0.29, 0.717) is 30.3 Å². The molecule has 1 aliphatic carbocycles. The van der Waals surface area contributed by atoms with Crippen LogP contribution in [0.3, 0.4) is 0 Å². The van der Waals surface area contributed by atoms with Gasteiger partial charge in [0.2, 0.25) is 5.91 Å². The Hall–Kier alpha value is -3.02. The van der Waals surface area contributed by atoms with E-state index in [1.54, 1.807) is 17.2 Å². The summed E-state index contributed by atoms with van der Waals surface area (Å²) in [6.45, 7) is 7.13. The third-order valence-electron chi connectivity index (χ3n) is 7.79. The minimum Gasteiger partial charge on any atom is -0.463 e. The molecular formula is C27H33N3O3. The van der Waals surface area contributed by atoms with E-state index in [4.69, 9.17) is 4.42 Å². The number of hydrogen-bond acceptors (Lipinski definition) is 3. The van der Waals surface area contributed by atoms with Crippen LogP contribution in [-0.2, 0) is 11.3 Å². The fourth-order valence-corrected chi connectivity index (χ4v) is 5.57. The molecule has 3 aromatic rings. The van der Waals surface area contributed by atoms with Crippen molar-refractivity contribution in [2.24, 2.45) is 5.92 Å². The summed E-state index contributed by atoms with van der Waals surface area (Å²) in [5.74, 6) is 0.362. The van der Waals surface area contributed by atoms with Crippen molar-refractivity contribution in [3.05, 3.63) is 60.0 Å². The number of aromatic nitrogens is 1. The summed E-state index contributed by atoms with van der Waals surface area (Å²) in [5, 5.41) is 3.34. The molecular weight excluding hydrogens is 414 g/mol. The zero-order valence-electron chi connectivity index (χ0n) is 19.7. The minimum atomic E-state index is -0.993. The quantitative estimate of drug-likeness (QED) is 0.602. The Morgan fingerprint density at radius 2 is 1.97 bits per heavy atom. The molecule has 4 unspecified atom stereocenters. The SMILES string of the molecule is CC(CN1C(=O)c2cc3occc3n2CC1(C)C(=O)NC1CCCCC1C)c1ccccc1. The number of amides is 2. The van der Waals surface area contributed by atoms with Gasteiger partial charge in [0.15, 0.2) is 5.58 Å². The summed E-state index contributed by atoms with van der Waals surface area (Å²) in [5.41, 5.74) is 2.29. The summed E-state index contributed by atoms with van der Waals surface area (Å²) >= 11 is 0. The molecule has 6 heteroatoms. The molecule has 0 saturated heterocycles. The maximum atomic E-state index is 13.9. The van der Waals surface area contributed by atoms with Gasteiger partial charge in [-0.2, -0.15) is 0 Å². The van der Waals surface area contributed by atoms with E-state index in [-0.39, 0.29) is 23.8 Å². The maximum Gasteiger partial charge on any atom is 0.271 e. The lowest BCUT2D eigenvalue weighted by atomic mass is 9.84. The average Bonchev–Trinajstić information content (AvgIpc) is 3.41. The van der Waals surface area contributed by atoms with Crippen molar-refractivity contribution in [1.82, 2.24) is 14.8 Å². The number of hydrogen-bond donors (Lipinski definition) is 1. The van der Waals surface area contributed by atoms with Gasteiger partial charge >= 0.3 is 0 Å². The van der Waals surface area contributed by atoms with Gasteiger partial charge in [0.25, 0.3) is 5.91 Å². The van der Waals surface area contributed by atoms with E-state index in [1.807, 2.05) is 35.8 Å². The van der Waals surface area contributed by atoms with Gasteiger partial charge in [-0.25, -0.2) is 0 Å². The molecule has 1 N–H and O–H groups in total. The van der Waals surface area contributed by atoms with E-state index in [1.165, 1.54) is 6.42 Å². The standard InChI is InChI=1S/C27H33N3O3/c1-18-9-7-8-12-21(18)28-26(32)27(3)17-29-22-13-14-33-24(22)15-23(29)25(31)30(27)16-19(2)20-10-5-4-6-11-20/h4-6,10-11,13-15,18-19,21H,7-9,12,16-17H2,1-3H3,(H,28,32). The Labute approximate surface area is 194 Å². The van der Waals surface area contributed by atoms with Gasteiger partial charge in [-0.15, -0.1) is 0 Å². The van der Waals surface area contributed by atoms with Crippen molar-refractivity contribution in [3.8, 4) is 0 Å². The topological polar surface area (TPSA) is 67.5 Å². The second kappa shape index (κ2) is 8.40. The van der Waals surface area contributed by atoms with Crippen LogP contribution in [0.2, 0.25) is 0 Å². The molecule has 2 aromatic heterocycles. The molecule has 6 nitrogen and oxygen atoms in total. The Morgan fingerprint density at radius 3 is 2.73 bits per heavy atom. The van der Waals surface area contributed by atoms with Crippen LogP contribution in [0.4, 0.5) is 0 Å². The first-order chi connectivity index (χ1) is 15.9. The highest BCUT2D eigenvalue weighted by atomic mass is 16.3. The Kier molecular flexibility index (Phi) is 5.55. The highest BCUT2D eigenvalue weighted by molar-refractivity contribution is 6.03. The molecule has 1 aromatic carbocycles. The number of rotatable bonds is 5. The zero-order chi connectivity index (χ0) is 23.2. The number of carbonyl (C=O) groups is 2. The van der Waals surface area contributed by atoms with Crippen molar-refractivity contribution < 1.29 is 14.0 Å². The lowest BCUT2D eigenvalue weighted by Gasteiger charge is -2.46. The molecule has 1 saturated carbocycles. The van der Waals surface area contributed by atoms with Crippen molar-refractivity contribution in [2.75, 3.05) is 6.54 Å². The molecule has 2 amide bonds. The average molecular weight is 448 g/mol. The number of nitrogens with one attached hydrogen (secondary N) is 1. The van der Waals surface area contributed by atoms with Crippen LogP contribution < -0.4 is 5.32 Å². The highest BCUT2D eigenvalue weighted by Crippen LogP contribution is 2.35. The maximum absolute atomic E-state index is 13.9. The zero-order valence-corrected chi connectivity index (χ0v) is 19.7. The summed E-state index contributed by atoms with van der Waals surface area (Å²) in [6.07, 6.45) is 6.12. The molecule has 33 heavy (non-hydrogen) atoms. The van der Waals surface area contributed by atoms with Crippen molar-refractivity contribution in [2.45, 2.75) is 70.5 Å². The van der Waals surface area contributed by atoms with E-state index in [9.17, 15) is 9.59 Å². The molecule has 2 aliphatic rings. The first kappa shape index (κ1) is 21.8. The monoisotopic (exact) mass is 447 g/mol. The molecule has 0 bridgehead atoms. The summed E-state index contributed by atoms with van der Waals surface area (Å²) < 4.78 is 7.53. The third kappa shape index (κ3) is 3.75. The predicted octanol–water partition coefficient (Wildman–Crippen LogP) is 4.95. The van der Waals surface area contributed by atoms with Gasteiger partial charge in [0, 0.05) is 24.7 Å². The predicted molar refractivity (Wildman–Crippen MR) is 128 cm³/mol. The van der Waals surface area contributed by atoms with Gasteiger partial charge in [0.1, 0.15) is 11.2 Å². The van der Waals surface area contributed by atoms with Gasteiger partial charge < -0.3 is 19.2 Å². The molecule has 174 valence electrons. The third-order valence-corrected chi connectivity index (χ3v) is 7.79. The normalized spacial score (nSPS) is 26.3. The summed E-state index contributed by atoms with van der Waals surface area (Å²) in [7, 11) is 0. The largest absolute Gasteiger partial charge is 0.463 e. The Balaban J connectivity index is 1.50. The Morgan fingerprint density at radius 1 is 1.21 bits per heavy atom. The van der Waals surface area contributed by atoms with Crippen LogP contribution in [0.25, 0.3) is 11.1 Å². The summed E-state index contributed by atoms with van der Waals surface area (Å²) in [6, 6.07) is 14.0. The van der Waals surface area contributed by atoms with Gasteiger partial charge in [-0.1, -0.05) is 57.0 Å². The number of fused-ring (bicyclic) bond motifs is 3. The lowest BCUT2D eigenvalue weighted by molar-refractivity contribution is -0.134. The highest BCUT2D eigenvalue weighted by Gasteiger charge is 2.49. The molecule has 0 spiro atoms. The van der Waals surface area contributed by atoms with Crippen LogP contribution >= 0.6 is 0 Å². The molecule has 3 heterocycles. The van der Waals surface area contributed by atoms with E-state index in [0.717, 1.165) is 30.3 Å². The fourth-order valence-electron chi connectivity index (χ4n) is 5.57. The smallest absolute Gasteiger partial charge is 0.271 e. The molecule has 4 atom stereocenters. The molecule has 1 aliphatic heterocycles. The molecule has 1 fully saturated rings. The fraction of sp³-hybridized carbons (Fsp3) is 0.481. The lowest BCUT2D eigenvalue weighted by Crippen LogP contribution is -2.65. The van der Waals surface area contributed by atoms with Crippen molar-refractivity contribution >= 4 is 22.9 Å². The number of nitrogens with zero attached hydrogens (tertiary/aromatic N) is 2. The second-order valence-electron chi connectivity index (χ2n) is 10.1. The van der Waals surface area contributed by atoms with Gasteiger partial charge in [0.05, 0.1) is 18.3 Å². The van der Waals surface area contributed by atoms with Gasteiger partial charge in [-0.05, 0) is 37.2 Å². The van der Waals surface area contributed by atoms with Crippen LogP contribution in [0.5, 0.6) is 0 Å². The van der Waals surface area contributed by atoms with E-state index >= 15 is 0 Å². The first-order valence-electron chi connectivity index (χ1n) is 12.1. The van der Waals surface area contributed by atoms with Crippen LogP contribution in [-0.4, -0.2) is 39.4 Å². The molecule has 0 radical (unpaired) electrons. The van der Waals surface area contributed by atoms with Gasteiger partial charge in [-0.3, -0.25) is 9.59 Å². The molecule has 5 rings (SSSR count). The van der Waals surface area contributed by atoms with E-state index in [2.05, 4.69) is 31.3 Å². The van der Waals surface area contributed by atoms with Crippen molar-refractivity contribution in [3.63, 3.8) is 0 Å². The number of furan rings is 1. The van der Waals surface area contributed by atoms with E-state index < -0.39 is 5.54 Å². The van der Waals surface area contributed by atoms with Crippen LogP contribution in [0.1, 0.15) is 68.4 Å². The van der Waals surface area contributed by atoms with Crippen LogP contribution in [0.15, 0.2) is 53.1 Å². The second-order valence-corrected chi connectivity index (χ2v) is 10.1. The Bertz CT molecular complexity index is 1160. The van der Waals surface area contributed by atoms with Crippen molar-refractivity contribution in [1.29, 1.82) is 0 Å². The number of benzene rings is 1. The first-order valence-corrected chi connectivity index (χ1v) is 12.1. The summed E-state index contributed by atoms with van der Waals surface area (Å²) in [4.78, 5) is 29.5. The number of carbonyl (C=O) groups excluding carboxylic acids is 2. The minimum absolute atomic E-state index is 0.0640. The van der Waals surface area contributed by atoms with Crippen LogP contribution in [0, 0.1) is 5.92 Å².